The average molecular weight is 173 g/mol. The molecule has 1 rings (SSSR count). The van der Waals surface area contributed by atoms with E-state index in [4.69, 9.17) is 10.2 Å². The number of hydrogen-bond donors (Lipinski definition) is 2. The minimum Gasteiger partial charge on any atom is -0.478 e. The zero-order valence-electron chi connectivity index (χ0n) is 7.02. The van der Waals surface area contributed by atoms with Crippen LogP contribution in [0.2, 0.25) is 0 Å². The summed E-state index contributed by atoms with van der Waals surface area (Å²) >= 11 is 0. The smallest absolute Gasteiger partial charge is 0.335 e. The van der Waals surface area contributed by atoms with Gasteiger partial charge in [0.2, 0.25) is 0 Å². The number of benzene rings is 1. The maximum Gasteiger partial charge on any atom is 0.335 e. The van der Waals surface area contributed by atoms with Crippen LogP contribution in [0.3, 0.4) is 0 Å². The second kappa shape index (κ2) is 4.70. The van der Waals surface area contributed by atoms with Gasteiger partial charge in [0.15, 0.2) is 0 Å². The summed E-state index contributed by atoms with van der Waals surface area (Å²) in [6.45, 7) is 0. The molecule has 0 atom stereocenters. The van der Waals surface area contributed by atoms with Gasteiger partial charge in [-0.1, -0.05) is 6.07 Å². The molecule has 0 saturated carbocycles. The fourth-order valence-corrected chi connectivity index (χ4v) is 0.785. The van der Waals surface area contributed by atoms with Crippen LogP contribution in [-0.2, 0) is 0 Å². The van der Waals surface area contributed by atoms with Crippen LogP contribution >= 0.6 is 0 Å². The molecular formula is C8H6LiO4. The van der Waals surface area contributed by atoms with Crippen molar-refractivity contribution in [3.63, 3.8) is 0 Å². The molecule has 4 nitrogen and oxygen atoms in total. The van der Waals surface area contributed by atoms with E-state index in [1.807, 2.05) is 0 Å². The number of carbonyl (C=O) groups is 2. The molecule has 0 amide bonds. The van der Waals surface area contributed by atoms with E-state index >= 15 is 0 Å². The van der Waals surface area contributed by atoms with E-state index in [2.05, 4.69) is 0 Å². The first-order valence-corrected chi connectivity index (χ1v) is 3.18. The molecule has 63 valence electrons. The fourth-order valence-electron chi connectivity index (χ4n) is 0.785. The summed E-state index contributed by atoms with van der Waals surface area (Å²) in [6.07, 6.45) is 0. The van der Waals surface area contributed by atoms with Crippen molar-refractivity contribution in [2.75, 3.05) is 0 Å². The quantitative estimate of drug-likeness (QED) is 0.645. The van der Waals surface area contributed by atoms with Crippen molar-refractivity contribution in [3.8, 4) is 0 Å². The van der Waals surface area contributed by atoms with Gasteiger partial charge in [0.25, 0.3) is 0 Å². The molecule has 1 aromatic rings. The van der Waals surface area contributed by atoms with Gasteiger partial charge in [-0.2, -0.15) is 0 Å². The molecule has 1 aromatic carbocycles. The minimum atomic E-state index is -1.13. The Balaban J connectivity index is 0.00000144. The molecule has 0 bridgehead atoms. The third kappa shape index (κ3) is 2.94. The Kier molecular flexibility index (Phi) is 4.25. The van der Waals surface area contributed by atoms with Gasteiger partial charge in [-0.3, -0.25) is 0 Å². The number of hydrogen-bond acceptors (Lipinski definition) is 2. The first-order chi connectivity index (χ1) is 5.61. The maximum atomic E-state index is 10.4. The molecule has 0 aliphatic heterocycles. The number of aromatic carboxylic acids is 2. The zero-order chi connectivity index (χ0) is 9.14. The van der Waals surface area contributed by atoms with Crippen molar-refractivity contribution in [1.82, 2.24) is 0 Å². The molecule has 0 fully saturated rings. The van der Waals surface area contributed by atoms with E-state index in [0.717, 1.165) is 6.07 Å². The zero-order valence-corrected chi connectivity index (χ0v) is 7.02. The molecule has 0 heterocycles. The summed E-state index contributed by atoms with van der Waals surface area (Å²) in [7, 11) is 0. The van der Waals surface area contributed by atoms with Crippen LogP contribution in [0.15, 0.2) is 24.3 Å². The van der Waals surface area contributed by atoms with Crippen LogP contribution in [-0.4, -0.2) is 41.0 Å². The number of rotatable bonds is 2. The SMILES string of the molecule is O=C(O)c1cccc(C(=O)O)c1.[Li]. The first kappa shape index (κ1) is 11.8. The molecule has 13 heavy (non-hydrogen) atoms. The molecule has 0 spiro atoms. The van der Waals surface area contributed by atoms with Gasteiger partial charge in [-0.15, -0.1) is 0 Å². The number of carboxylic acid groups (broad SMARTS) is 2. The Morgan fingerprint density at radius 3 is 1.69 bits per heavy atom. The van der Waals surface area contributed by atoms with E-state index in [-0.39, 0.29) is 30.0 Å². The summed E-state index contributed by atoms with van der Waals surface area (Å²) in [4.78, 5) is 20.8. The molecule has 2 N–H and O–H groups in total. The molecule has 0 unspecified atom stereocenters. The third-order valence-corrected chi connectivity index (χ3v) is 1.36. The largest absolute Gasteiger partial charge is 0.478 e. The van der Waals surface area contributed by atoms with E-state index in [0.29, 0.717) is 0 Å². The third-order valence-electron chi connectivity index (χ3n) is 1.36. The van der Waals surface area contributed by atoms with Gasteiger partial charge in [0.1, 0.15) is 0 Å². The molecule has 0 saturated heterocycles. The van der Waals surface area contributed by atoms with Gasteiger partial charge >= 0.3 is 11.9 Å². The van der Waals surface area contributed by atoms with Crippen LogP contribution in [0, 0.1) is 0 Å². The average Bonchev–Trinajstić information content (AvgIpc) is 2.04. The Bertz CT molecular complexity index is 305. The molecule has 1 radical (unpaired) electrons. The van der Waals surface area contributed by atoms with Gasteiger partial charge in [0, 0.05) is 18.9 Å². The predicted molar refractivity (Wildman–Crippen MR) is 46.1 cm³/mol. The minimum absolute atomic E-state index is 0. The van der Waals surface area contributed by atoms with Crippen molar-refractivity contribution >= 4 is 30.8 Å². The normalized spacial score (nSPS) is 8.62. The molecule has 0 aromatic heterocycles. The standard InChI is InChI=1S/C8H6O4.Li/c9-7(10)5-2-1-3-6(4-5)8(11)12;/h1-4H,(H,9,10)(H,11,12);. The van der Waals surface area contributed by atoms with Crippen LogP contribution in [0.5, 0.6) is 0 Å². The van der Waals surface area contributed by atoms with Crippen LogP contribution in [0.4, 0.5) is 0 Å². The molecule has 5 heteroatoms. The van der Waals surface area contributed by atoms with Crippen molar-refractivity contribution in [2.45, 2.75) is 0 Å². The van der Waals surface area contributed by atoms with Gasteiger partial charge in [0.05, 0.1) is 11.1 Å². The van der Waals surface area contributed by atoms with Gasteiger partial charge in [-0.05, 0) is 18.2 Å². The van der Waals surface area contributed by atoms with Crippen molar-refractivity contribution in [3.05, 3.63) is 35.4 Å². The Morgan fingerprint density at radius 2 is 1.38 bits per heavy atom. The second-order valence-corrected chi connectivity index (χ2v) is 2.19. The van der Waals surface area contributed by atoms with Crippen molar-refractivity contribution in [2.24, 2.45) is 0 Å². The van der Waals surface area contributed by atoms with E-state index < -0.39 is 11.9 Å². The summed E-state index contributed by atoms with van der Waals surface area (Å²) in [5, 5.41) is 17.0. The summed E-state index contributed by atoms with van der Waals surface area (Å²) in [5.41, 5.74) is -0.0372. The predicted octanol–water partition coefficient (Wildman–Crippen LogP) is 0.702. The van der Waals surface area contributed by atoms with Crippen LogP contribution in [0.25, 0.3) is 0 Å². The maximum absolute atomic E-state index is 10.4. The topological polar surface area (TPSA) is 74.6 Å². The first-order valence-electron chi connectivity index (χ1n) is 3.18. The second-order valence-electron chi connectivity index (χ2n) is 2.19. The van der Waals surface area contributed by atoms with E-state index in [1.54, 1.807) is 0 Å². The molecular weight excluding hydrogens is 167 g/mol. The van der Waals surface area contributed by atoms with Gasteiger partial charge in [-0.25, -0.2) is 9.59 Å². The molecule has 0 aliphatic carbocycles. The Labute approximate surface area is 86.4 Å². The summed E-state index contributed by atoms with van der Waals surface area (Å²) < 4.78 is 0. The Morgan fingerprint density at radius 1 is 1.00 bits per heavy atom. The summed E-state index contributed by atoms with van der Waals surface area (Å²) in [6, 6.07) is 5.20. The number of carboxylic acids is 2. The fraction of sp³-hybridized carbons (Fsp3) is 0. The van der Waals surface area contributed by atoms with Crippen LogP contribution < -0.4 is 0 Å². The molecule has 0 aliphatic rings. The summed E-state index contributed by atoms with van der Waals surface area (Å²) in [5.74, 6) is -2.25. The van der Waals surface area contributed by atoms with Gasteiger partial charge < -0.3 is 10.2 Å². The van der Waals surface area contributed by atoms with Crippen LogP contribution in [0.1, 0.15) is 20.7 Å². The van der Waals surface area contributed by atoms with Crippen molar-refractivity contribution in [1.29, 1.82) is 0 Å². The Hall–Kier alpha value is -1.24. The van der Waals surface area contributed by atoms with E-state index in [1.165, 1.54) is 18.2 Å². The van der Waals surface area contributed by atoms with Crippen molar-refractivity contribution < 1.29 is 19.8 Å². The van der Waals surface area contributed by atoms with E-state index in [9.17, 15) is 9.59 Å². The monoisotopic (exact) mass is 173 g/mol.